The lowest BCUT2D eigenvalue weighted by atomic mass is 9.95. The largest absolute Gasteiger partial charge is 0.459 e. The molecule has 1 aliphatic rings. The summed E-state index contributed by atoms with van der Waals surface area (Å²) in [6.07, 6.45) is 7.29. The molecule has 1 aliphatic carbocycles. The number of thioether (sulfide) groups is 1. The van der Waals surface area contributed by atoms with Gasteiger partial charge >= 0.3 is 5.97 Å². The SMILES string of the molecule is CCCCn1c(SCC(=O)Nc2sc3c(c2C(=O)OC(C)C)CCCC3)nnc1-c1nn(C)cc1Cl. The van der Waals surface area contributed by atoms with Crippen LogP contribution in [0.1, 0.15) is 67.3 Å². The third-order valence-corrected chi connectivity index (χ3v) is 8.20. The number of aromatic nitrogens is 5. The Bertz CT molecular complexity index is 1250. The summed E-state index contributed by atoms with van der Waals surface area (Å²) in [6, 6.07) is 0. The van der Waals surface area contributed by atoms with Crippen LogP contribution in [0.5, 0.6) is 0 Å². The summed E-state index contributed by atoms with van der Waals surface area (Å²) < 4.78 is 9.09. The first-order valence-corrected chi connectivity index (χ1v) is 14.4. The fraction of sp³-hybridized carbons (Fsp3) is 0.542. The number of nitrogens with one attached hydrogen (secondary N) is 1. The molecule has 9 nitrogen and oxygen atoms in total. The first kappa shape index (κ1) is 26.7. The van der Waals surface area contributed by atoms with Gasteiger partial charge in [0.05, 0.1) is 22.4 Å². The van der Waals surface area contributed by atoms with Crippen LogP contribution in [-0.4, -0.2) is 48.3 Å². The molecular formula is C24H31ClN6O3S2. The minimum absolute atomic E-state index is 0.126. The molecule has 0 spiro atoms. The number of fused-ring (bicyclic) bond motifs is 1. The van der Waals surface area contributed by atoms with Gasteiger partial charge in [0.15, 0.2) is 11.0 Å². The van der Waals surface area contributed by atoms with Crippen LogP contribution in [0, 0.1) is 0 Å². The number of esters is 1. The number of hydrogen-bond acceptors (Lipinski definition) is 8. The van der Waals surface area contributed by atoms with Crippen molar-refractivity contribution in [2.75, 3.05) is 11.1 Å². The molecule has 1 amide bonds. The van der Waals surface area contributed by atoms with E-state index in [0.29, 0.717) is 38.8 Å². The highest BCUT2D eigenvalue weighted by molar-refractivity contribution is 7.99. The molecule has 3 heterocycles. The number of nitrogens with zero attached hydrogens (tertiary/aromatic N) is 5. The molecule has 3 aromatic heterocycles. The molecule has 36 heavy (non-hydrogen) atoms. The monoisotopic (exact) mass is 550 g/mol. The number of aryl methyl sites for hydroxylation is 2. The van der Waals surface area contributed by atoms with E-state index in [0.717, 1.165) is 49.0 Å². The van der Waals surface area contributed by atoms with E-state index >= 15 is 0 Å². The lowest BCUT2D eigenvalue weighted by Gasteiger charge is -2.14. The summed E-state index contributed by atoms with van der Waals surface area (Å²) in [7, 11) is 1.80. The highest BCUT2D eigenvalue weighted by Crippen LogP contribution is 2.39. The highest BCUT2D eigenvalue weighted by atomic mass is 35.5. The van der Waals surface area contributed by atoms with Gasteiger partial charge in [-0.25, -0.2) is 4.79 Å². The summed E-state index contributed by atoms with van der Waals surface area (Å²) in [4.78, 5) is 27.0. The third kappa shape index (κ3) is 5.95. The summed E-state index contributed by atoms with van der Waals surface area (Å²) in [5.41, 5.74) is 2.10. The van der Waals surface area contributed by atoms with Crippen molar-refractivity contribution in [3.8, 4) is 11.5 Å². The van der Waals surface area contributed by atoms with Gasteiger partial charge in [-0.3, -0.25) is 9.48 Å². The molecule has 1 N–H and O–H groups in total. The Kier molecular flexibility index (Phi) is 8.74. The maximum atomic E-state index is 13.0. The molecule has 0 unspecified atom stereocenters. The Morgan fingerprint density at radius 1 is 1.28 bits per heavy atom. The Balaban J connectivity index is 1.51. The van der Waals surface area contributed by atoms with Crippen LogP contribution in [0.2, 0.25) is 5.02 Å². The Morgan fingerprint density at radius 3 is 2.75 bits per heavy atom. The second-order valence-corrected chi connectivity index (χ2v) is 11.5. The molecular weight excluding hydrogens is 520 g/mol. The molecule has 194 valence electrons. The zero-order valence-corrected chi connectivity index (χ0v) is 23.4. The lowest BCUT2D eigenvalue weighted by molar-refractivity contribution is -0.113. The van der Waals surface area contributed by atoms with E-state index in [2.05, 4.69) is 27.5 Å². The van der Waals surface area contributed by atoms with Crippen molar-refractivity contribution in [1.29, 1.82) is 0 Å². The zero-order valence-electron chi connectivity index (χ0n) is 21.0. The van der Waals surface area contributed by atoms with Crippen molar-refractivity contribution < 1.29 is 14.3 Å². The molecule has 0 saturated carbocycles. The molecule has 3 aromatic rings. The Morgan fingerprint density at radius 2 is 2.06 bits per heavy atom. The van der Waals surface area contributed by atoms with Gasteiger partial charge in [-0.05, 0) is 51.5 Å². The van der Waals surface area contributed by atoms with Crippen LogP contribution in [0.25, 0.3) is 11.5 Å². The maximum Gasteiger partial charge on any atom is 0.341 e. The Hall–Kier alpha value is -2.37. The highest BCUT2D eigenvalue weighted by Gasteiger charge is 2.28. The predicted octanol–water partition coefficient (Wildman–Crippen LogP) is 5.37. The fourth-order valence-electron chi connectivity index (χ4n) is 4.14. The van der Waals surface area contributed by atoms with Crippen molar-refractivity contribution in [1.82, 2.24) is 24.5 Å². The molecule has 0 saturated heterocycles. The number of carbonyl (C=O) groups is 2. The van der Waals surface area contributed by atoms with E-state index in [1.807, 2.05) is 18.4 Å². The van der Waals surface area contributed by atoms with Crippen LogP contribution < -0.4 is 5.32 Å². The molecule has 0 aromatic carbocycles. The van der Waals surface area contributed by atoms with Gasteiger partial charge in [0.25, 0.3) is 0 Å². The molecule has 0 radical (unpaired) electrons. The summed E-state index contributed by atoms with van der Waals surface area (Å²) in [6.45, 7) is 6.46. The van der Waals surface area contributed by atoms with E-state index in [9.17, 15) is 9.59 Å². The van der Waals surface area contributed by atoms with Gasteiger partial charge in [0.2, 0.25) is 5.91 Å². The number of unbranched alkanes of at least 4 members (excludes halogenated alkanes) is 1. The zero-order chi connectivity index (χ0) is 25.8. The average Bonchev–Trinajstić information content (AvgIpc) is 3.49. The number of hydrogen-bond donors (Lipinski definition) is 1. The van der Waals surface area contributed by atoms with Crippen LogP contribution in [0.4, 0.5) is 5.00 Å². The topological polar surface area (TPSA) is 104 Å². The standard InChI is InChI=1S/C24H31ClN6O3S2/c1-5-6-11-31-21(20-16(25)12-30(4)29-20)27-28-24(31)35-13-18(32)26-22-19(23(33)34-14(2)3)15-9-7-8-10-17(15)36-22/h12,14H,5-11,13H2,1-4H3,(H,26,32). The number of halogens is 1. The summed E-state index contributed by atoms with van der Waals surface area (Å²) in [5, 5.41) is 17.7. The summed E-state index contributed by atoms with van der Waals surface area (Å²) in [5.74, 6) is 0.131. The summed E-state index contributed by atoms with van der Waals surface area (Å²) >= 11 is 9.14. The molecule has 0 fully saturated rings. The smallest absolute Gasteiger partial charge is 0.341 e. The number of ether oxygens (including phenoxy) is 1. The minimum atomic E-state index is -0.372. The van der Waals surface area contributed by atoms with Crippen molar-refractivity contribution >= 4 is 51.6 Å². The van der Waals surface area contributed by atoms with Crippen molar-refractivity contribution in [2.24, 2.45) is 7.05 Å². The predicted molar refractivity (Wildman–Crippen MR) is 143 cm³/mol. The van der Waals surface area contributed by atoms with E-state index in [1.54, 1.807) is 17.9 Å². The number of amides is 1. The lowest BCUT2D eigenvalue weighted by Crippen LogP contribution is -2.19. The second kappa shape index (κ2) is 11.8. The van der Waals surface area contributed by atoms with Crippen LogP contribution in [0.3, 0.4) is 0 Å². The first-order chi connectivity index (χ1) is 17.3. The van der Waals surface area contributed by atoms with Crippen molar-refractivity contribution in [3.05, 3.63) is 27.2 Å². The van der Waals surface area contributed by atoms with E-state index < -0.39 is 0 Å². The van der Waals surface area contributed by atoms with Crippen molar-refractivity contribution in [2.45, 2.75) is 77.1 Å². The van der Waals surface area contributed by atoms with Gasteiger partial charge in [0.1, 0.15) is 10.7 Å². The van der Waals surface area contributed by atoms with E-state index in [-0.39, 0.29) is 23.7 Å². The van der Waals surface area contributed by atoms with Crippen LogP contribution in [-0.2, 0) is 36.0 Å². The van der Waals surface area contributed by atoms with Crippen LogP contribution >= 0.6 is 34.7 Å². The maximum absolute atomic E-state index is 13.0. The number of anilines is 1. The molecule has 0 bridgehead atoms. The average molecular weight is 551 g/mol. The molecule has 0 aliphatic heterocycles. The molecule has 12 heteroatoms. The van der Waals surface area contributed by atoms with Crippen molar-refractivity contribution in [3.63, 3.8) is 0 Å². The normalized spacial score (nSPS) is 13.2. The van der Waals surface area contributed by atoms with Gasteiger partial charge in [-0.1, -0.05) is 36.7 Å². The molecule has 0 atom stereocenters. The van der Waals surface area contributed by atoms with E-state index in [4.69, 9.17) is 16.3 Å². The molecule has 4 rings (SSSR count). The minimum Gasteiger partial charge on any atom is -0.459 e. The van der Waals surface area contributed by atoms with Gasteiger partial charge in [0, 0.05) is 24.7 Å². The van der Waals surface area contributed by atoms with Gasteiger partial charge in [-0.2, -0.15) is 5.10 Å². The quantitative estimate of drug-likeness (QED) is 0.267. The number of carbonyl (C=O) groups excluding carboxylic acids is 2. The fourth-order valence-corrected chi connectivity index (χ4v) is 6.46. The van der Waals surface area contributed by atoms with E-state index in [1.165, 1.54) is 23.1 Å². The van der Waals surface area contributed by atoms with Gasteiger partial charge in [-0.15, -0.1) is 21.5 Å². The third-order valence-electron chi connectivity index (χ3n) is 5.75. The number of thiophene rings is 1. The Labute approximate surface area is 224 Å². The van der Waals surface area contributed by atoms with Crippen LogP contribution in [0.15, 0.2) is 11.4 Å². The van der Waals surface area contributed by atoms with Gasteiger partial charge < -0.3 is 14.6 Å². The first-order valence-electron chi connectivity index (χ1n) is 12.2. The second-order valence-electron chi connectivity index (χ2n) is 9.02. The number of rotatable bonds is 10.